The second kappa shape index (κ2) is 3.98. The van der Waals surface area contributed by atoms with Crippen molar-refractivity contribution in [3.8, 4) is 0 Å². The van der Waals surface area contributed by atoms with Crippen molar-refractivity contribution in [3.05, 3.63) is 35.6 Å². The zero-order valence-corrected chi connectivity index (χ0v) is 8.31. The highest BCUT2D eigenvalue weighted by Gasteiger charge is 2.13. The molecule has 0 spiro atoms. The Morgan fingerprint density at radius 1 is 1.27 bits per heavy atom. The van der Waals surface area contributed by atoms with Crippen LogP contribution in [-0.4, -0.2) is 13.6 Å². The third kappa shape index (κ3) is 1.72. The monoisotopic (exact) mass is 211 g/mol. The molecule has 1 aromatic heterocycles. The van der Waals surface area contributed by atoms with Crippen molar-refractivity contribution < 1.29 is 13.2 Å². The van der Waals surface area contributed by atoms with E-state index in [4.69, 9.17) is 4.42 Å². The first-order valence-electron chi connectivity index (χ1n) is 4.72. The lowest BCUT2D eigenvalue weighted by Crippen LogP contribution is -2.10. The lowest BCUT2D eigenvalue weighted by Gasteiger charge is -1.98. The van der Waals surface area contributed by atoms with E-state index in [-0.39, 0.29) is 11.0 Å². The normalized spacial score (nSPS) is 11.1. The van der Waals surface area contributed by atoms with E-state index in [1.807, 2.05) is 0 Å². The number of hydrogen-bond acceptors (Lipinski definition) is 2. The molecule has 0 aliphatic rings. The summed E-state index contributed by atoms with van der Waals surface area (Å²) in [6.07, 6.45) is 2.03. The summed E-state index contributed by atoms with van der Waals surface area (Å²) in [4.78, 5) is 0. The molecule has 0 aliphatic carbocycles. The Hall–Kier alpha value is -1.42. The third-order valence-corrected chi connectivity index (χ3v) is 2.34. The zero-order chi connectivity index (χ0) is 10.8. The van der Waals surface area contributed by atoms with Crippen LogP contribution in [0.25, 0.3) is 11.0 Å². The summed E-state index contributed by atoms with van der Waals surface area (Å²) in [5.41, 5.74) is 0.692. The van der Waals surface area contributed by atoms with Gasteiger partial charge in [-0.3, -0.25) is 0 Å². The molecular weight excluding hydrogens is 200 g/mol. The number of nitrogens with one attached hydrogen (secondary N) is 1. The second-order valence-corrected chi connectivity index (χ2v) is 3.35. The van der Waals surface area contributed by atoms with Crippen molar-refractivity contribution in [3.63, 3.8) is 0 Å². The summed E-state index contributed by atoms with van der Waals surface area (Å²) in [6.45, 7) is 0.699. The summed E-state index contributed by atoms with van der Waals surface area (Å²) < 4.78 is 31.7. The highest BCUT2D eigenvalue weighted by atomic mass is 19.1. The molecule has 1 aromatic carbocycles. The van der Waals surface area contributed by atoms with E-state index >= 15 is 0 Å². The molecule has 2 rings (SSSR count). The van der Waals surface area contributed by atoms with Gasteiger partial charge in [0.1, 0.15) is 5.82 Å². The molecule has 0 amide bonds. The lowest BCUT2D eigenvalue weighted by atomic mass is 10.1. The predicted octanol–water partition coefficient (Wildman–Crippen LogP) is 2.47. The summed E-state index contributed by atoms with van der Waals surface area (Å²) in [6, 6.07) is 2.19. The molecule has 0 saturated carbocycles. The van der Waals surface area contributed by atoms with Crippen molar-refractivity contribution in [1.29, 1.82) is 0 Å². The SMILES string of the molecule is CNCCc1coc2c(F)ccc(F)c12. The molecule has 0 saturated heterocycles. The van der Waals surface area contributed by atoms with Crippen LogP contribution in [-0.2, 0) is 6.42 Å². The zero-order valence-electron chi connectivity index (χ0n) is 8.31. The van der Waals surface area contributed by atoms with Gasteiger partial charge in [0, 0.05) is 5.56 Å². The summed E-state index contributed by atoms with van der Waals surface area (Å²) in [7, 11) is 1.80. The van der Waals surface area contributed by atoms with E-state index in [9.17, 15) is 8.78 Å². The minimum absolute atomic E-state index is 0.00102. The molecule has 0 bridgehead atoms. The van der Waals surface area contributed by atoms with Gasteiger partial charge in [0.05, 0.1) is 11.6 Å². The number of likely N-dealkylation sites (N-methyl/N-ethyl adjacent to an activating group) is 1. The third-order valence-electron chi connectivity index (χ3n) is 2.34. The maximum absolute atomic E-state index is 13.4. The van der Waals surface area contributed by atoms with Gasteiger partial charge in [-0.2, -0.15) is 0 Å². The number of rotatable bonds is 3. The van der Waals surface area contributed by atoms with Crippen LogP contribution in [0.3, 0.4) is 0 Å². The number of fused-ring (bicyclic) bond motifs is 1. The van der Waals surface area contributed by atoms with E-state index in [1.54, 1.807) is 7.05 Å². The maximum Gasteiger partial charge on any atom is 0.172 e. The molecule has 4 heteroatoms. The summed E-state index contributed by atoms with van der Waals surface area (Å²) in [5.74, 6) is -0.964. The van der Waals surface area contributed by atoms with Crippen molar-refractivity contribution in [2.45, 2.75) is 6.42 Å². The van der Waals surface area contributed by atoms with Gasteiger partial charge < -0.3 is 9.73 Å². The van der Waals surface area contributed by atoms with E-state index in [2.05, 4.69) is 5.32 Å². The number of halogens is 2. The Balaban J connectivity index is 2.53. The van der Waals surface area contributed by atoms with E-state index < -0.39 is 11.6 Å². The van der Waals surface area contributed by atoms with Gasteiger partial charge in [-0.15, -0.1) is 0 Å². The van der Waals surface area contributed by atoms with Crippen molar-refractivity contribution in [1.82, 2.24) is 5.32 Å². The van der Waals surface area contributed by atoms with Crippen LogP contribution >= 0.6 is 0 Å². The first-order valence-corrected chi connectivity index (χ1v) is 4.72. The van der Waals surface area contributed by atoms with E-state index in [0.29, 0.717) is 18.5 Å². The van der Waals surface area contributed by atoms with Crippen molar-refractivity contribution in [2.75, 3.05) is 13.6 Å². The molecule has 0 fully saturated rings. The summed E-state index contributed by atoms with van der Waals surface area (Å²) in [5, 5.41) is 3.20. The average molecular weight is 211 g/mol. The topological polar surface area (TPSA) is 25.2 Å². The Morgan fingerprint density at radius 3 is 2.73 bits per heavy atom. The van der Waals surface area contributed by atoms with Gasteiger partial charge in [-0.25, -0.2) is 8.78 Å². The molecule has 1 heterocycles. The molecular formula is C11H11F2NO. The fraction of sp³-hybridized carbons (Fsp3) is 0.273. The van der Waals surface area contributed by atoms with Gasteiger partial charge in [0.15, 0.2) is 11.4 Å². The van der Waals surface area contributed by atoms with Crippen LogP contribution < -0.4 is 5.32 Å². The fourth-order valence-electron chi connectivity index (χ4n) is 1.58. The average Bonchev–Trinajstić information content (AvgIpc) is 2.65. The maximum atomic E-state index is 13.4. The van der Waals surface area contributed by atoms with Gasteiger partial charge >= 0.3 is 0 Å². The highest BCUT2D eigenvalue weighted by molar-refractivity contribution is 5.82. The molecule has 0 aliphatic heterocycles. The van der Waals surface area contributed by atoms with Crippen LogP contribution in [0.15, 0.2) is 22.8 Å². The molecule has 0 radical (unpaired) electrons. The Morgan fingerprint density at radius 2 is 2.00 bits per heavy atom. The van der Waals surface area contributed by atoms with Gasteiger partial charge in [-0.05, 0) is 32.1 Å². The van der Waals surface area contributed by atoms with Crippen LogP contribution in [0.1, 0.15) is 5.56 Å². The Bertz CT molecular complexity index is 479. The molecule has 80 valence electrons. The lowest BCUT2D eigenvalue weighted by molar-refractivity contribution is 0.553. The standard InChI is InChI=1S/C11H11F2NO/c1-14-5-4-7-6-15-11-9(13)3-2-8(12)10(7)11/h2-3,6,14H,4-5H2,1H3. The number of hydrogen-bond donors (Lipinski definition) is 1. The van der Waals surface area contributed by atoms with E-state index in [1.165, 1.54) is 6.26 Å². The van der Waals surface area contributed by atoms with Crippen molar-refractivity contribution >= 4 is 11.0 Å². The molecule has 2 aromatic rings. The van der Waals surface area contributed by atoms with Crippen LogP contribution in [0.2, 0.25) is 0 Å². The molecule has 15 heavy (non-hydrogen) atoms. The minimum atomic E-state index is -0.526. The van der Waals surface area contributed by atoms with Gasteiger partial charge in [0.25, 0.3) is 0 Å². The van der Waals surface area contributed by atoms with Crippen LogP contribution in [0.4, 0.5) is 8.78 Å². The minimum Gasteiger partial charge on any atom is -0.461 e. The Kier molecular flexibility index (Phi) is 2.68. The molecule has 2 nitrogen and oxygen atoms in total. The van der Waals surface area contributed by atoms with Crippen molar-refractivity contribution in [2.24, 2.45) is 0 Å². The largest absolute Gasteiger partial charge is 0.461 e. The number of furan rings is 1. The molecule has 1 N–H and O–H groups in total. The first kappa shape index (κ1) is 10.1. The molecule has 0 atom stereocenters. The highest BCUT2D eigenvalue weighted by Crippen LogP contribution is 2.26. The van der Waals surface area contributed by atoms with Gasteiger partial charge in [0.2, 0.25) is 0 Å². The smallest absolute Gasteiger partial charge is 0.172 e. The number of benzene rings is 1. The summed E-state index contributed by atoms with van der Waals surface area (Å²) >= 11 is 0. The van der Waals surface area contributed by atoms with Gasteiger partial charge in [-0.1, -0.05) is 0 Å². The van der Waals surface area contributed by atoms with E-state index in [0.717, 1.165) is 12.1 Å². The van der Waals surface area contributed by atoms with Crippen LogP contribution in [0, 0.1) is 11.6 Å². The second-order valence-electron chi connectivity index (χ2n) is 3.35. The first-order chi connectivity index (χ1) is 7.24. The predicted molar refractivity (Wildman–Crippen MR) is 53.8 cm³/mol. The fourth-order valence-corrected chi connectivity index (χ4v) is 1.58. The molecule has 0 unspecified atom stereocenters. The van der Waals surface area contributed by atoms with Crippen LogP contribution in [0.5, 0.6) is 0 Å². The Labute approximate surface area is 85.9 Å². The quantitative estimate of drug-likeness (QED) is 0.843.